The fourth-order valence-corrected chi connectivity index (χ4v) is 12.3. The molecule has 0 aliphatic heterocycles. The molecular formula is C80H74F2N2. The molecule has 4 heteroatoms. The third-order valence-corrected chi connectivity index (χ3v) is 17.0. The lowest BCUT2D eigenvalue weighted by molar-refractivity contribution is 0.590. The van der Waals surface area contributed by atoms with Gasteiger partial charge in [-0.2, -0.15) is 0 Å². The molecule has 0 aromatic heterocycles. The van der Waals surface area contributed by atoms with Gasteiger partial charge in [-0.25, -0.2) is 8.78 Å². The van der Waals surface area contributed by atoms with Crippen molar-refractivity contribution in [2.45, 2.75) is 105 Å². The van der Waals surface area contributed by atoms with Gasteiger partial charge in [-0.3, -0.25) is 0 Å². The van der Waals surface area contributed by atoms with E-state index in [0.717, 1.165) is 99.6 Å². The minimum absolute atomic E-state index is 0.0413. The standard InChI is InChI=1S/C80H74F2N2/c1-77(2,3)57-35-23-51(24-36-57)63-45-47-67(81)75(73(63)55-27-39-59(40-28-55)79(7,8)9)83(61-19-15-13-16-20-61)69-49-33-53-32-44-66-70(50-34-54-31-43-65(69)71(53)72(54)66)84(62-21-17-14-18-22-62)76-68(82)48-46-64(52-25-37-58(38-26-52)78(4,5)6)74(76)56-29-41-60(42-30-56)80(10,11)12/h13-50H,1-12H3. The number of hydrogen-bond acceptors (Lipinski definition) is 2. The molecule has 0 aliphatic rings. The van der Waals surface area contributed by atoms with Gasteiger partial charge >= 0.3 is 0 Å². The summed E-state index contributed by atoms with van der Waals surface area (Å²) in [5.41, 5.74) is 16.1. The minimum Gasteiger partial charge on any atom is -0.307 e. The number of benzene rings is 12. The smallest absolute Gasteiger partial charge is 0.147 e. The van der Waals surface area contributed by atoms with Crippen molar-refractivity contribution in [3.05, 3.63) is 264 Å². The Kier molecular flexibility index (Phi) is 14.0. The maximum Gasteiger partial charge on any atom is 0.147 e. The molecule has 418 valence electrons. The molecule has 0 amide bonds. The Hall–Kier alpha value is -8.86. The largest absolute Gasteiger partial charge is 0.307 e. The summed E-state index contributed by atoms with van der Waals surface area (Å²) in [5.74, 6) is -0.679. The number of nitrogens with zero attached hydrogens (tertiary/aromatic N) is 2. The van der Waals surface area contributed by atoms with Gasteiger partial charge in [-0.15, -0.1) is 0 Å². The van der Waals surface area contributed by atoms with Crippen molar-refractivity contribution in [1.82, 2.24) is 0 Å². The topological polar surface area (TPSA) is 6.48 Å². The second-order valence-electron chi connectivity index (χ2n) is 26.9. The van der Waals surface area contributed by atoms with Gasteiger partial charge in [0.25, 0.3) is 0 Å². The van der Waals surface area contributed by atoms with E-state index in [4.69, 9.17) is 0 Å². The van der Waals surface area contributed by atoms with Crippen LogP contribution < -0.4 is 9.80 Å². The van der Waals surface area contributed by atoms with Gasteiger partial charge in [0, 0.05) is 33.3 Å². The molecular weight excluding hydrogens is 1030 g/mol. The molecule has 0 radical (unpaired) electrons. The maximum absolute atomic E-state index is 18.0. The summed E-state index contributed by atoms with van der Waals surface area (Å²) < 4.78 is 36.0. The summed E-state index contributed by atoms with van der Waals surface area (Å²) in [7, 11) is 0. The predicted molar refractivity (Wildman–Crippen MR) is 356 cm³/mol. The Labute approximate surface area is 496 Å². The van der Waals surface area contributed by atoms with Crippen LogP contribution in [-0.2, 0) is 21.7 Å². The van der Waals surface area contributed by atoms with E-state index in [2.05, 4.69) is 263 Å². The zero-order valence-electron chi connectivity index (χ0n) is 50.6. The first-order valence-corrected chi connectivity index (χ1v) is 29.5. The van der Waals surface area contributed by atoms with E-state index in [-0.39, 0.29) is 33.3 Å². The van der Waals surface area contributed by atoms with Crippen LogP contribution in [0.25, 0.3) is 76.8 Å². The Morgan fingerprint density at radius 1 is 0.274 bits per heavy atom. The van der Waals surface area contributed by atoms with Crippen molar-refractivity contribution >= 4 is 66.4 Å². The quantitative estimate of drug-likeness (QED) is 0.126. The van der Waals surface area contributed by atoms with Crippen LogP contribution in [0, 0.1) is 11.6 Å². The van der Waals surface area contributed by atoms with E-state index >= 15 is 8.78 Å². The van der Waals surface area contributed by atoms with E-state index in [0.29, 0.717) is 11.4 Å². The Morgan fingerprint density at radius 3 is 0.857 bits per heavy atom. The van der Waals surface area contributed by atoms with E-state index in [1.165, 1.54) is 22.3 Å². The van der Waals surface area contributed by atoms with Gasteiger partial charge in [-0.05, 0) is 147 Å². The average Bonchev–Trinajstić information content (AvgIpc) is 2.86. The molecule has 2 nitrogen and oxygen atoms in total. The molecule has 12 aromatic rings. The lowest BCUT2D eigenvalue weighted by atomic mass is 9.84. The molecule has 0 N–H and O–H groups in total. The molecule has 0 aliphatic carbocycles. The summed E-state index contributed by atoms with van der Waals surface area (Å²) in [4.78, 5) is 4.26. The van der Waals surface area contributed by atoms with Crippen LogP contribution in [0.1, 0.15) is 105 Å². The van der Waals surface area contributed by atoms with Gasteiger partial charge in [0.15, 0.2) is 0 Å². The van der Waals surface area contributed by atoms with Crippen molar-refractivity contribution in [3.63, 3.8) is 0 Å². The first-order chi connectivity index (χ1) is 40.0. The third-order valence-electron chi connectivity index (χ3n) is 17.0. The lowest BCUT2D eigenvalue weighted by Gasteiger charge is -2.32. The zero-order valence-corrected chi connectivity index (χ0v) is 50.6. The predicted octanol–water partition coefficient (Wildman–Crippen LogP) is 23.7. The molecule has 0 fully saturated rings. The Morgan fingerprint density at radius 2 is 0.560 bits per heavy atom. The van der Waals surface area contributed by atoms with Gasteiger partial charge in [0.05, 0.1) is 22.7 Å². The molecule has 0 heterocycles. The van der Waals surface area contributed by atoms with Crippen molar-refractivity contribution in [2.75, 3.05) is 9.80 Å². The summed E-state index contributed by atoms with van der Waals surface area (Å²) in [6, 6.07) is 79.9. The molecule has 0 atom stereocenters. The minimum atomic E-state index is -0.339. The first kappa shape index (κ1) is 55.7. The molecule has 12 aromatic carbocycles. The fourth-order valence-electron chi connectivity index (χ4n) is 12.3. The van der Waals surface area contributed by atoms with Gasteiger partial charge in [0.1, 0.15) is 11.6 Å². The molecule has 12 rings (SSSR count). The number of para-hydroxylation sites is 2. The molecule has 0 saturated carbocycles. The highest BCUT2D eigenvalue weighted by molar-refractivity contribution is 6.28. The summed E-state index contributed by atoms with van der Waals surface area (Å²) in [5, 5.41) is 6.07. The highest BCUT2D eigenvalue weighted by atomic mass is 19.1. The normalized spacial score (nSPS) is 12.4. The first-order valence-electron chi connectivity index (χ1n) is 29.5. The second-order valence-corrected chi connectivity index (χ2v) is 26.9. The van der Waals surface area contributed by atoms with E-state index < -0.39 is 0 Å². The molecule has 84 heavy (non-hydrogen) atoms. The van der Waals surface area contributed by atoms with Crippen molar-refractivity contribution in [3.8, 4) is 44.5 Å². The second kappa shape index (κ2) is 21.1. The molecule has 0 bridgehead atoms. The van der Waals surface area contributed by atoms with Crippen molar-refractivity contribution in [2.24, 2.45) is 0 Å². The summed E-state index contributed by atoms with van der Waals surface area (Å²) >= 11 is 0. The Balaban J connectivity index is 1.12. The van der Waals surface area contributed by atoms with Crippen LogP contribution in [0.3, 0.4) is 0 Å². The third kappa shape index (κ3) is 10.2. The van der Waals surface area contributed by atoms with Gasteiger partial charge in [-0.1, -0.05) is 265 Å². The number of anilines is 6. The lowest BCUT2D eigenvalue weighted by Crippen LogP contribution is -2.15. The van der Waals surface area contributed by atoms with Crippen molar-refractivity contribution in [1.29, 1.82) is 0 Å². The highest BCUT2D eigenvalue weighted by Crippen LogP contribution is 2.54. The van der Waals surface area contributed by atoms with Crippen LogP contribution in [0.2, 0.25) is 0 Å². The molecule has 0 spiro atoms. The molecule has 0 saturated heterocycles. The maximum atomic E-state index is 18.0. The highest BCUT2D eigenvalue weighted by Gasteiger charge is 2.31. The van der Waals surface area contributed by atoms with E-state index in [9.17, 15) is 0 Å². The van der Waals surface area contributed by atoms with E-state index in [1.807, 2.05) is 48.5 Å². The average molecular weight is 1100 g/mol. The van der Waals surface area contributed by atoms with E-state index in [1.54, 1.807) is 12.1 Å². The van der Waals surface area contributed by atoms with Crippen LogP contribution >= 0.6 is 0 Å². The van der Waals surface area contributed by atoms with Crippen LogP contribution in [0.4, 0.5) is 42.9 Å². The Bertz CT molecular complexity index is 4080. The monoisotopic (exact) mass is 1100 g/mol. The molecule has 0 unspecified atom stereocenters. The van der Waals surface area contributed by atoms with Crippen molar-refractivity contribution < 1.29 is 8.78 Å². The van der Waals surface area contributed by atoms with Gasteiger partial charge < -0.3 is 9.80 Å². The van der Waals surface area contributed by atoms with Crippen LogP contribution in [0.5, 0.6) is 0 Å². The number of halogens is 2. The SMILES string of the molecule is CC(C)(C)c1ccc(-c2ccc(F)c(N(c3ccccc3)c3ccc4ccc5c(N(c6ccccc6)c6c(F)ccc(-c7ccc(C(C)(C)C)cc7)c6-c6ccc(C(C)(C)C)cc6)ccc6ccc3c4c65)c2-c2ccc(C(C)(C)C)cc2)cc1. The fraction of sp³-hybridized carbons (Fsp3) is 0.200. The summed E-state index contributed by atoms with van der Waals surface area (Å²) in [6.07, 6.45) is 0. The summed E-state index contributed by atoms with van der Waals surface area (Å²) in [6.45, 7) is 26.7. The van der Waals surface area contributed by atoms with Crippen LogP contribution in [-0.4, -0.2) is 0 Å². The zero-order chi connectivity index (χ0) is 59.0. The van der Waals surface area contributed by atoms with Crippen LogP contribution in [0.15, 0.2) is 231 Å². The number of hydrogen-bond donors (Lipinski definition) is 0. The van der Waals surface area contributed by atoms with Gasteiger partial charge in [0.2, 0.25) is 0 Å². The number of rotatable bonds is 10.